The van der Waals surface area contributed by atoms with Crippen molar-refractivity contribution < 1.29 is 52.0 Å². The second kappa shape index (κ2) is 12.5. The smallest absolute Gasteiger partial charge is 0.303 e. The number of fused-ring (bicyclic) bond motifs is 1. The lowest BCUT2D eigenvalue weighted by Crippen LogP contribution is -2.63. The lowest BCUT2D eigenvalue weighted by Gasteiger charge is -2.43. The number of esters is 4. The van der Waals surface area contributed by atoms with Crippen LogP contribution in [-0.2, 0) is 42.9 Å². The van der Waals surface area contributed by atoms with Crippen LogP contribution in [0, 0.1) is 6.92 Å². The van der Waals surface area contributed by atoms with Gasteiger partial charge in [-0.3, -0.25) is 24.0 Å². The normalized spacial score (nSPS) is 22.0. The third kappa shape index (κ3) is 6.89. The molecule has 0 radical (unpaired) electrons. The summed E-state index contributed by atoms with van der Waals surface area (Å²) in [4.78, 5) is 64.9. The molecule has 3 heterocycles. The summed E-state index contributed by atoms with van der Waals surface area (Å²) in [6, 6.07) is 4.42. The fraction of sp³-hybridized carbons (Fsp3) is 0.407. The van der Waals surface area contributed by atoms with E-state index >= 15 is 0 Å². The molecular formula is C27H27NO12S. The van der Waals surface area contributed by atoms with Crippen LogP contribution in [0.5, 0.6) is 5.75 Å². The summed E-state index contributed by atoms with van der Waals surface area (Å²) in [5.41, 5.74) is 2.37. The summed E-state index contributed by atoms with van der Waals surface area (Å²) in [7, 11) is 0. The van der Waals surface area contributed by atoms with Gasteiger partial charge in [-0.2, -0.15) is 0 Å². The molecule has 0 saturated carbocycles. The number of hydrogen-bond donors (Lipinski definition) is 0. The molecule has 2 aromatic heterocycles. The first-order valence-electron chi connectivity index (χ1n) is 12.4. The van der Waals surface area contributed by atoms with Crippen molar-refractivity contribution in [3.63, 3.8) is 0 Å². The van der Waals surface area contributed by atoms with Gasteiger partial charge in [-0.15, -0.1) is 11.3 Å². The number of benzene rings is 1. The molecule has 0 amide bonds. The van der Waals surface area contributed by atoms with Crippen LogP contribution in [0.2, 0.25) is 0 Å². The maximum Gasteiger partial charge on any atom is 0.303 e. The van der Waals surface area contributed by atoms with Gasteiger partial charge >= 0.3 is 23.9 Å². The van der Waals surface area contributed by atoms with Gasteiger partial charge < -0.3 is 32.8 Å². The third-order valence-corrected chi connectivity index (χ3v) is 6.52. The number of aromatic nitrogens is 1. The van der Waals surface area contributed by atoms with Gasteiger partial charge in [0.05, 0.1) is 22.2 Å². The Hall–Kier alpha value is -4.30. The summed E-state index contributed by atoms with van der Waals surface area (Å²) in [5.74, 6) is -2.44. The number of hydrogen-bond acceptors (Lipinski definition) is 14. The van der Waals surface area contributed by atoms with Crippen molar-refractivity contribution in [2.45, 2.75) is 65.3 Å². The molecule has 0 bridgehead atoms. The minimum absolute atomic E-state index is 0.141. The standard InChI is InChI=1S/C27H27NO12S/c1-12-22(19-10-41-11-28-19)23(33)18-7-6-17(8-20(18)35-12)39-27-26(38-16(5)32)25(37-15(4)31)24(36-14(3)30)21(40-27)9-34-13(2)29/h6-8,10-11,21,24-27H,9H2,1-5H3/t21-,24+,25-,26-,27-/m0/s1. The first kappa shape index (κ1) is 29.7. The Bertz CT molecular complexity index is 1510. The molecule has 1 aliphatic heterocycles. The Kier molecular flexibility index (Phi) is 9.03. The molecular weight excluding hydrogens is 562 g/mol. The molecule has 1 fully saturated rings. The van der Waals surface area contributed by atoms with Crippen LogP contribution in [0.3, 0.4) is 0 Å². The van der Waals surface area contributed by atoms with E-state index in [1.807, 2.05) is 0 Å². The Balaban J connectivity index is 1.73. The molecule has 1 aromatic carbocycles. The van der Waals surface area contributed by atoms with Crippen LogP contribution in [0.4, 0.5) is 0 Å². The second-order valence-corrected chi connectivity index (χ2v) is 9.80. The highest BCUT2D eigenvalue weighted by Gasteiger charge is 2.53. The van der Waals surface area contributed by atoms with Gasteiger partial charge in [0.1, 0.15) is 29.8 Å². The molecule has 4 rings (SSSR count). The number of carbonyl (C=O) groups excluding carboxylic acids is 4. The quantitative estimate of drug-likeness (QED) is 0.278. The van der Waals surface area contributed by atoms with Crippen molar-refractivity contribution in [2.24, 2.45) is 0 Å². The van der Waals surface area contributed by atoms with Crippen molar-refractivity contribution in [3.05, 3.63) is 45.1 Å². The Morgan fingerprint density at radius 2 is 1.59 bits per heavy atom. The molecule has 1 aliphatic rings. The van der Waals surface area contributed by atoms with Gasteiger partial charge in [-0.05, 0) is 19.1 Å². The molecule has 0 spiro atoms. The van der Waals surface area contributed by atoms with Crippen molar-refractivity contribution in [1.29, 1.82) is 0 Å². The van der Waals surface area contributed by atoms with Crippen molar-refractivity contribution in [3.8, 4) is 17.0 Å². The van der Waals surface area contributed by atoms with Crippen molar-refractivity contribution >= 4 is 46.2 Å². The minimum atomic E-state index is -1.44. The molecule has 14 heteroatoms. The van der Waals surface area contributed by atoms with E-state index in [1.165, 1.54) is 36.5 Å². The zero-order chi connectivity index (χ0) is 29.8. The Morgan fingerprint density at radius 3 is 2.20 bits per heavy atom. The number of rotatable bonds is 8. The van der Waals surface area contributed by atoms with Gasteiger partial charge in [-0.1, -0.05) is 0 Å². The Labute approximate surface area is 237 Å². The average Bonchev–Trinajstić information content (AvgIpc) is 3.40. The highest BCUT2D eigenvalue weighted by atomic mass is 32.1. The van der Waals surface area contributed by atoms with E-state index in [0.29, 0.717) is 17.0 Å². The number of nitrogens with zero attached hydrogens (tertiary/aromatic N) is 1. The van der Waals surface area contributed by atoms with E-state index in [9.17, 15) is 24.0 Å². The molecule has 41 heavy (non-hydrogen) atoms. The van der Waals surface area contributed by atoms with Gasteiger partial charge in [-0.25, -0.2) is 4.98 Å². The average molecular weight is 590 g/mol. The minimum Gasteiger partial charge on any atom is -0.463 e. The number of thiazole rings is 1. The predicted octanol–water partition coefficient (Wildman–Crippen LogP) is 2.69. The summed E-state index contributed by atoms with van der Waals surface area (Å²) in [6.45, 7) is 5.79. The zero-order valence-electron chi connectivity index (χ0n) is 22.7. The van der Waals surface area contributed by atoms with E-state index in [-0.39, 0.29) is 22.1 Å². The second-order valence-electron chi connectivity index (χ2n) is 9.08. The number of aryl methyl sites for hydroxylation is 1. The first-order chi connectivity index (χ1) is 19.4. The van der Waals surface area contributed by atoms with E-state index in [2.05, 4.69) is 4.98 Å². The molecule has 5 atom stereocenters. The first-order valence-corrected chi connectivity index (χ1v) is 13.3. The van der Waals surface area contributed by atoms with Crippen molar-refractivity contribution in [2.75, 3.05) is 6.61 Å². The molecule has 13 nitrogen and oxygen atoms in total. The van der Waals surface area contributed by atoms with Gasteiger partial charge in [0.25, 0.3) is 0 Å². The van der Waals surface area contributed by atoms with Crippen LogP contribution < -0.4 is 10.2 Å². The molecule has 1 saturated heterocycles. The molecule has 0 aliphatic carbocycles. The van der Waals surface area contributed by atoms with Crippen LogP contribution in [-0.4, -0.2) is 66.2 Å². The van der Waals surface area contributed by atoms with E-state index in [4.69, 9.17) is 32.8 Å². The summed E-state index contributed by atoms with van der Waals surface area (Å²) >= 11 is 1.35. The maximum absolute atomic E-state index is 13.2. The number of carbonyl (C=O) groups is 4. The summed E-state index contributed by atoms with van der Waals surface area (Å²) < 4.78 is 39.1. The number of ether oxygens (including phenoxy) is 6. The topological polar surface area (TPSA) is 167 Å². The van der Waals surface area contributed by atoms with Gasteiger partial charge in [0, 0.05) is 39.1 Å². The maximum atomic E-state index is 13.2. The Morgan fingerprint density at radius 1 is 0.927 bits per heavy atom. The van der Waals surface area contributed by atoms with Crippen LogP contribution in [0.15, 0.2) is 38.3 Å². The fourth-order valence-corrected chi connectivity index (χ4v) is 4.95. The SMILES string of the molecule is CC(=O)OC[C@@H]1O[C@H](Oc2ccc3c(=O)c(-c4cscn4)c(C)oc3c2)[C@@H](OC(C)=O)[C@@H](OC(C)=O)[C@@H]1OC(C)=O. The van der Waals surface area contributed by atoms with E-state index < -0.39 is 61.2 Å². The molecule has 0 unspecified atom stereocenters. The third-order valence-electron chi connectivity index (χ3n) is 5.93. The molecule has 0 N–H and O–H groups in total. The lowest BCUT2D eigenvalue weighted by molar-refractivity contribution is -0.288. The highest BCUT2D eigenvalue weighted by Crippen LogP contribution is 2.32. The fourth-order valence-electron chi connectivity index (χ4n) is 4.41. The summed E-state index contributed by atoms with van der Waals surface area (Å²) in [6.07, 6.45) is -6.73. The zero-order valence-corrected chi connectivity index (χ0v) is 23.6. The lowest BCUT2D eigenvalue weighted by atomic mass is 9.98. The highest BCUT2D eigenvalue weighted by molar-refractivity contribution is 7.07. The predicted molar refractivity (Wildman–Crippen MR) is 141 cm³/mol. The van der Waals surface area contributed by atoms with Crippen LogP contribution in [0.25, 0.3) is 22.2 Å². The van der Waals surface area contributed by atoms with Crippen LogP contribution >= 0.6 is 11.3 Å². The van der Waals surface area contributed by atoms with Crippen molar-refractivity contribution in [1.82, 2.24) is 4.98 Å². The largest absolute Gasteiger partial charge is 0.463 e. The van der Waals surface area contributed by atoms with E-state index in [0.717, 1.165) is 20.8 Å². The molecule has 3 aromatic rings. The molecule has 218 valence electrons. The van der Waals surface area contributed by atoms with Gasteiger partial charge in [0.2, 0.25) is 17.8 Å². The van der Waals surface area contributed by atoms with E-state index in [1.54, 1.807) is 17.8 Å². The van der Waals surface area contributed by atoms with Crippen LogP contribution in [0.1, 0.15) is 33.5 Å². The summed E-state index contributed by atoms with van der Waals surface area (Å²) in [5, 5.41) is 2.01. The van der Waals surface area contributed by atoms with Gasteiger partial charge in [0.15, 0.2) is 12.2 Å². The monoisotopic (exact) mass is 589 g/mol.